The van der Waals surface area contributed by atoms with Gasteiger partial charge in [0.1, 0.15) is 0 Å². The lowest BCUT2D eigenvalue weighted by molar-refractivity contribution is -0.138. The lowest BCUT2D eigenvalue weighted by atomic mass is 9.77. The number of carbonyl (C=O) groups is 2. The summed E-state index contributed by atoms with van der Waals surface area (Å²) in [5.74, 6) is -1.82. The molecular formula is C15H18BNO5. The molecule has 1 aliphatic heterocycles. The molecule has 0 spiro atoms. The van der Waals surface area contributed by atoms with Crippen LogP contribution in [0.2, 0.25) is 0 Å². The molecule has 0 saturated carbocycles. The van der Waals surface area contributed by atoms with Gasteiger partial charge in [0.25, 0.3) is 0 Å². The Hall–Kier alpha value is -2.12. The van der Waals surface area contributed by atoms with Gasteiger partial charge in [-0.15, -0.1) is 0 Å². The van der Waals surface area contributed by atoms with Crippen LogP contribution < -0.4 is 5.32 Å². The van der Waals surface area contributed by atoms with E-state index in [-0.39, 0.29) is 18.7 Å². The summed E-state index contributed by atoms with van der Waals surface area (Å²) in [6.07, 6.45) is 3.00. The van der Waals surface area contributed by atoms with Crippen molar-refractivity contribution >= 4 is 19.0 Å². The van der Waals surface area contributed by atoms with E-state index in [1.54, 1.807) is 12.2 Å². The van der Waals surface area contributed by atoms with Crippen LogP contribution >= 0.6 is 0 Å². The van der Waals surface area contributed by atoms with Gasteiger partial charge in [0.15, 0.2) is 0 Å². The highest BCUT2D eigenvalue weighted by Gasteiger charge is 2.32. The van der Waals surface area contributed by atoms with Crippen molar-refractivity contribution in [2.24, 2.45) is 0 Å². The van der Waals surface area contributed by atoms with E-state index in [4.69, 9.17) is 9.76 Å². The molecule has 6 nitrogen and oxygen atoms in total. The Kier molecular flexibility index (Phi) is 5.74. The Balaban J connectivity index is 1.88. The lowest BCUT2D eigenvalue weighted by Crippen LogP contribution is -2.48. The van der Waals surface area contributed by atoms with E-state index in [0.29, 0.717) is 6.42 Å². The third-order valence-electron chi connectivity index (χ3n) is 3.33. The minimum atomic E-state index is -1.24. The van der Waals surface area contributed by atoms with Crippen LogP contribution in [0.25, 0.3) is 0 Å². The van der Waals surface area contributed by atoms with Gasteiger partial charge in [-0.3, -0.25) is 9.59 Å². The SMILES string of the molecule is O=C(O)C[C@H]1C=CC[C@H](NC(=O)Cc2ccccc2)B(O)O1. The quantitative estimate of drug-likeness (QED) is 0.545. The zero-order valence-electron chi connectivity index (χ0n) is 12.0. The second-order valence-corrected chi connectivity index (χ2v) is 5.16. The molecule has 0 aromatic heterocycles. The van der Waals surface area contributed by atoms with Gasteiger partial charge in [0, 0.05) is 0 Å². The van der Waals surface area contributed by atoms with Crippen LogP contribution in [0, 0.1) is 0 Å². The standard InChI is InChI=1S/C15H18BNO5/c18-14(9-11-5-2-1-3-6-11)17-13-8-4-7-12(10-15(19)20)22-16(13)21/h1-7,12-13,21H,8-10H2,(H,17,18)(H,19,20)/t12-,13+/m1/s1. The average molecular weight is 303 g/mol. The van der Waals surface area contributed by atoms with Gasteiger partial charge in [-0.05, 0) is 12.0 Å². The number of hydrogen-bond acceptors (Lipinski definition) is 4. The number of hydrogen-bond donors (Lipinski definition) is 3. The summed E-state index contributed by atoms with van der Waals surface area (Å²) in [5, 5.41) is 21.4. The molecule has 0 radical (unpaired) electrons. The van der Waals surface area contributed by atoms with E-state index in [0.717, 1.165) is 5.56 Å². The fourth-order valence-corrected chi connectivity index (χ4v) is 2.27. The second kappa shape index (κ2) is 7.77. The molecule has 0 bridgehead atoms. The summed E-state index contributed by atoms with van der Waals surface area (Å²) in [6.45, 7) is 0. The van der Waals surface area contributed by atoms with Gasteiger partial charge >= 0.3 is 13.1 Å². The second-order valence-electron chi connectivity index (χ2n) is 5.16. The molecule has 0 unspecified atom stereocenters. The minimum Gasteiger partial charge on any atom is -0.481 e. The molecule has 7 heteroatoms. The Morgan fingerprint density at radius 3 is 2.73 bits per heavy atom. The van der Waals surface area contributed by atoms with Crippen LogP contribution in [0.15, 0.2) is 42.5 Å². The predicted molar refractivity (Wildman–Crippen MR) is 80.9 cm³/mol. The number of benzene rings is 1. The van der Waals surface area contributed by atoms with Gasteiger partial charge in [0.05, 0.1) is 24.9 Å². The van der Waals surface area contributed by atoms with Crippen molar-refractivity contribution in [3.63, 3.8) is 0 Å². The number of carbonyl (C=O) groups excluding carboxylic acids is 1. The van der Waals surface area contributed by atoms with Crippen molar-refractivity contribution in [2.45, 2.75) is 31.3 Å². The van der Waals surface area contributed by atoms with Crippen LogP contribution in [0.4, 0.5) is 0 Å². The molecule has 1 heterocycles. The fourth-order valence-electron chi connectivity index (χ4n) is 2.27. The number of rotatable bonds is 5. The summed E-state index contributed by atoms with van der Waals surface area (Å²) in [7, 11) is -1.24. The van der Waals surface area contributed by atoms with Gasteiger partial charge in [0.2, 0.25) is 5.91 Å². The van der Waals surface area contributed by atoms with E-state index in [2.05, 4.69) is 5.32 Å². The van der Waals surface area contributed by atoms with Crippen LogP contribution in [-0.4, -0.2) is 41.2 Å². The third kappa shape index (κ3) is 5.02. The molecule has 1 amide bonds. The highest BCUT2D eigenvalue weighted by atomic mass is 16.5. The van der Waals surface area contributed by atoms with Crippen molar-refractivity contribution in [3.8, 4) is 0 Å². The molecule has 1 aromatic rings. The molecule has 1 aromatic carbocycles. The van der Waals surface area contributed by atoms with Crippen LogP contribution in [-0.2, 0) is 20.7 Å². The summed E-state index contributed by atoms with van der Waals surface area (Å²) < 4.78 is 5.26. The number of carboxylic acids is 1. The van der Waals surface area contributed by atoms with E-state index >= 15 is 0 Å². The Morgan fingerprint density at radius 1 is 1.32 bits per heavy atom. The van der Waals surface area contributed by atoms with Gasteiger partial charge < -0.3 is 20.1 Å². The molecule has 0 saturated heterocycles. The highest BCUT2D eigenvalue weighted by Crippen LogP contribution is 2.12. The average Bonchev–Trinajstić information content (AvgIpc) is 2.61. The van der Waals surface area contributed by atoms with Gasteiger partial charge in [-0.25, -0.2) is 0 Å². The van der Waals surface area contributed by atoms with Crippen LogP contribution in [0.5, 0.6) is 0 Å². The van der Waals surface area contributed by atoms with E-state index in [1.807, 2.05) is 30.3 Å². The van der Waals surface area contributed by atoms with Crippen molar-refractivity contribution in [1.29, 1.82) is 0 Å². The van der Waals surface area contributed by atoms with E-state index in [1.165, 1.54) is 0 Å². The molecule has 0 aliphatic carbocycles. The molecule has 0 fully saturated rings. The molecule has 2 rings (SSSR count). The monoisotopic (exact) mass is 303 g/mol. The first-order valence-electron chi connectivity index (χ1n) is 7.10. The zero-order chi connectivity index (χ0) is 15.9. The zero-order valence-corrected chi connectivity index (χ0v) is 12.0. The third-order valence-corrected chi connectivity index (χ3v) is 3.33. The topological polar surface area (TPSA) is 95.9 Å². The molecular weight excluding hydrogens is 285 g/mol. The van der Waals surface area contributed by atoms with Crippen LogP contribution in [0.3, 0.4) is 0 Å². The summed E-state index contributed by atoms with van der Waals surface area (Å²) in [5.41, 5.74) is 0.878. The smallest absolute Gasteiger partial charge is 0.478 e. The number of amides is 1. The molecule has 3 N–H and O–H groups in total. The van der Waals surface area contributed by atoms with Crippen molar-refractivity contribution < 1.29 is 24.4 Å². The maximum atomic E-state index is 12.0. The molecule has 2 atom stereocenters. The van der Waals surface area contributed by atoms with Gasteiger partial charge in [-0.1, -0.05) is 42.5 Å². The Labute approximate surface area is 128 Å². The first-order valence-corrected chi connectivity index (χ1v) is 7.10. The molecule has 22 heavy (non-hydrogen) atoms. The highest BCUT2D eigenvalue weighted by molar-refractivity contribution is 6.45. The van der Waals surface area contributed by atoms with Gasteiger partial charge in [-0.2, -0.15) is 0 Å². The number of nitrogens with one attached hydrogen (secondary N) is 1. The first-order chi connectivity index (χ1) is 10.5. The fraction of sp³-hybridized carbons (Fsp3) is 0.333. The number of carboxylic acid groups (broad SMARTS) is 1. The Bertz CT molecular complexity index is 548. The maximum absolute atomic E-state index is 12.0. The maximum Gasteiger partial charge on any atom is 0.478 e. The normalized spacial score (nSPS) is 21.2. The molecule has 1 aliphatic rings. The number of aliphatic carboxylic acids is 1. The summed E-state index contributed by atoms with van der Waals surface area (Å²) in [4.78, 5) is 22.7. The lowest BCUT2D eigenvalue weighted by Gasteiger charge is -2.20. The Morgan fingerprint density at radius 2 is 2.05 bits per heavy atom. The molecule has 116 valence electrons. The first kappa shape index (κ1) is 16.3. The minimum absolute atomic E-state index is 0.215. The van der Waals surface area contributed by atoms with Crippen molar-refractivity contribution in [3.05, 3.63) is 48.0 Å². The van der Waals surface area contributed by atoms with E-state index < -0.39 is 25.1 Å². The summed E-state index contributed by atoms with van der Waals surface area (Å²) in [6, 6.07) is 9.28. The summed E-state index contributed by atoms with van der Waals surface area (Å²) >= 11 is 0. The van der Waals surface area contributed by atoms with E-state index in [9.17, 15) is 14.6 Å². The van der Waals surface area contributed by atoms with Crippen molar-refractivity contribution in [2.75, 3.05) is 0 Å². The van der Waals surface area contributed by atoms with Crippen LogP contribution in [0.1, 0.15) is 18.4 Å². The predicted octanol–water partition coefficient (Wildman–Crippen LogP) is 0.553. The van der Waals surface area contributed by atoms with Crippen molar-refractivity contribution in [1.82, 2.24) is 5.32 Å². The largest absolute Gasteiger partial charge is 0.481 e.